The molecular formula is C23H25N3O7S. The molecule has 0 bridgehead atoms. The van der Waals surface area contributed by atoms with E-state index < -0.39 is 40.8 Å². The number of aromatic nitrogens is 1. The molecule has 1 aromatic heterocycles. The molecule has 3 N–H and O–H groups in total. The quantitative estimate of drug-likeness (QED) is 0.388. The predicted molar refractivity (Wildman–Crippen MR) is 123 cm³/mol. The Bertz CT molecular complexity index is 1240. The van der Waals surface area contributed by atoms with Crippen LogP contribution in [-0.4, -0.2) is 54.4 Å². The third-order valence-corrected chi connectivity index (χ3v) is 6.95. The minimum atomic E-state index is -3.97. The van der Waals surface area contributed by atoms with Crippen LogP contribution in [0.5, 0.6) is 0 Å². The van der Waals surface area contributed by atoms with Crippen molar-refractivity contribution in [2.45, 2.75) is 43.6 Å². The first-order chi connectivity index (χ1) is 16.2. The second-order valence-corrected chi connectivity index (χ2v) is 9.61. The van der Waals surface area contributed by atoms with E-state index in [1.807, 2.05) is 30.3 Å². The van der Waals surface area contributed by atoms with Gasteiger partial charge in [0, 0.05) is 5.69 Å². The molecule has 4 rings (SSSR count). The maximum Gasteiger partial charge on any atom is 0.309 e. The number of β-lactam (4-membered cyclic amide) rings is 1. The highest BCUT2D eigenvalue weighted by atomic mass is 32.2. The number of hydrogen-bond acceptors (Lipinski definition) is 8. The van der Waals surface area contributed by atoms with Crippen LogP contribution in [0.25, 0.3) is 0 Å². The standard InChI is InChI=1S/C23H25N3O7S/c1-14-15(2)33-23(24-14)25-34(30,31)18-10-8-17(9-11-18)26-20(19(28)12-27)21(22(26)29)32-13-16-6-4-3-5-7-16/h3-11,19-21,27-28H,12-13H2,1-2H3,(H,24,25)/t19-,20-,21+/m1/s1. The van der Waals surface area contributed by atoms with Crippen molar-refractivity contribution in [3.8, 4) is 0 Å². The van der Waals surface area contributed by atoms with Gasteiger partial charge in [0.15, 0.2) is 6.10 Å². The summed E-state index contributed by atoms with van der Waals surface area (Å²) in [6.45, 7) is 2.98. The van der Waals surface area contributed by atoms with E-state index in [9.17, 15) is 23.4 Å². The van der Waals surface area contributed by atoms with Crippen molar-refractivity contribution in [3.63, 3.8) is 0 Å². The lowest BCUT2D eigenvalue weighted by molar-refractivity contribution is -0.149. The van der Waals surface area contributed by atoms with Crippen LogP contribution in [0.2, 0.25) is 0 Å². The number of oxazole rings is 1. The molecule has 1 saturated heterocycles. The maximum absolute atomic E-state index is 12.8. The zero-order valence-corrected chi connectivity index (χ0v) is 19.4. The number of hydrogen-bond donors (Lipinski definition) is 3. The van der Waals surface area contributed by atoms with Gasteiger partial charge in [0.1, 0.15) is 17.9 Å². The Hall–Kier alpha value is -3.25. The molecule has 3 atom stereocenters. The van der Waals surface area contributed by atoms with Crippen molar-refractivity contribution in [1.82, 2.24) is 4.98 Å². The van der Waals surface area contributed by atoms with Crippen LogP contribution in [0.1, 0.15) is 17.0 Å². The molecule has 1 fully saturated rings. The van der Waals surface area contributed by atoms with Crippen molar-refractivity contribution in [2.24, 2.45) is 0 Å². The van der Waals surface area contributed by atoms with Gasteiger partial charge in [0.2, 0.25) is 0 Å². The summed E-state index contributed by atoms with van der Waals surface area (Å²) in [5.74, 6) is 0.106. The number of aliphatic hydroxyl groups excluding tert-OH is 2. The molecule has 1 aliphatic rings. The molecule has 1 aliphatic heterocycles. The molecule has 34 heavy (non-hydrogen) atoms. The van der Waals surface area contributed by atoms with Crippen molar-refractivity contribution in [2.75, 3.05) is 16.2 Å². The molecule has 0 saturated carbocycles. The number of carbonyl (C=O) groups is 1. The average Bonchev–Trinajstić information content (AvgIpc) is 3.13. The third-order valence-electron chi connectivity index (χ3n) is 5.62. The van der Waals surface area contributed by atoms with Crippen molar-refractivity contribution in [1.29, 1.82) is 0 Å². The Kier molecular flexibility index (Phi) is 6.71. The lowest BCUT2D eigenvalue weighted by Crippen LogP contribution is -2.70. The third kappa shape index (κ3) is 4.68. The summed E-state index contributed by atoms with van der Waals surface area (Å²) in [5, 5.41) is 19.8. The van der Waals surface area contributed by atoms with E-state index in [0.29, 0.717) is 17.1 Å². The number of benzene rings is 2. The fourth-order valence-electron chi connectivity index (χ4n) is 3.67. The molecule has 1 amide bonds. The van der Waals surface area contributed by atoms with Gasteiger partial charge in [0.05, 0.1) is 23.8 Å². The molecule has 0 aliphatic carbocycles. The summed E-state index contributed by atoms with van der Waals surface area (Å²) >= 11 is 0. The van der Waals surface area contributed by atoms with Gasteiger partial charge in [-0.25, -0.2) is 13.1 Å². The molecule has 0 unspecified atom stereocenters. The first-order valence-corrected chi connectivity index (χ1v) is 12.0. The van der Waals surface area contributed by atoms with E-state index >= 15 is 0 Å². The lowest BCUT2D eigenvalue weighted by Gasteiger charge is -2.48. The first kappa shape index (κ1) is 23.9. The van der Waals surface area contributed by atoms with E-state index in [4.69, 9.17) is 9.15 Å². The Morgan fingerprint density at radius 2 is 1.82 bits per heavy atom. The first-order valence-electron chi connectivity index (χ1n) is 10.6. The number of aryl methyl sites for hydroxylation is 2. The van der Waals surface area contributed by atoms with Crippen molar-refractivity contribution in [3.05, 3.63) is 71.6 Å². The SMILES string of the molecule is Cc1nc(NS(=O)(=O)c2ccc(N3C(=O)[C@@H](OCc4ccccc4)[C@H]3[C@H](O)CO)cc2)oc1C. The highest BCUT2D eigenvalue weighted by Crippen LogP contribution is 2.33. The summed E-state index contributed by atoms with van der Waals surface area (Å²) < 4.78 is 38.6. The number of amides is 1. The van der Waals surface area contributed by atoms with Crippen LogP contribution in [0.3, 0.4) is 0 Å². The number of aliphatic hydroxyl groups is 2. The highest BCUT2D eigenvalue weighted by Gasteiger charge is 2.52. The van der Waals surface area contributed by atoms with Gasteiger partial charge in [-0.2, -0.15) is 4.98 Å². The van der Waals surface area contributed by atoms with Gasteiger partial charge >= 0.3 is 6.01 Å². The molecule has 180 valence electrons. The number of carbonyl (C=O) groups excluding carboxylic acids is 1. The Labute approximate surface area is 196 Å². The van der Waals surface area contributed by atoms with E-state index in [-0.39, 0.29) is 17.5 Å². The largest absolute Gasteiger partial charge is 0.428 e. The number of nitrogens with zero attached hydrogens (tertiary/aromatic N) is 2. The zero-order valence-electron chi connectivity index (χ0n) is 18.6. The summed E-state index contributed by atoms with van der Waals surface area (Å²) in [5.41, 5.74) is 1.80. The van der Waals surface area contributed by atoms with E-state index in [0.717, 1.165) is 5.56 Å². The molecule has 3 aromatic rings. The molecular weight excluding hydrogens is 462 g/mol. The Balaban J connectivity index is 1.49. The Morgan fingerprint density at radius 3 is 2.41 bits per heavy atom. The van der Waals surface area contributed by atoms with Crippen LogP contribution < -0.4 is 9.62 Å². The van der Waals surface area contributed by atoms with Gasteiger partial charge in [-0.15, -0.1) is 0 Å². The maximum atomic E-state index is 12.8. The molecule has 2 heterocycles. The number of anilines is 2. The molecule has 11 heteroatoms. The molecule has 2 aromatic carbocycles. The van der Waals surface area contributed by atoms with Crippen LogP contribution in [-0.2, 0) is 26.2 Å². The number of nitrogens with one attached hydrogen (secondary N) is 1. The fraction of sp³-hybridized carbons (Fsp3) is 0.304. The van der Waals surface area contributed by atoms with Crippen LogP contribution in [0.15, 0.2) is 63.9 Å². The zero-order chi connectivity index (χ0) is 24.5. The lowest BCUT2D eigenvalue weighted by atomic mass is 9.91. The van der Waals surface area contributed by atoms with Crippen LogP contribution >= 0.6 is 0 Å². The second kappa shape index (κ2) is 9.55. The fourth-order valence-corrected chi connectivity index (χ4v) is 4.60. The minimum Gasteiger partial charge on any atom is -0.428 e. The summed E-state index contributed by atoms with van der Waals surface area (Å²) in [4.78, 5) is 18.1. The van der Waals surface area contributed by atoms with Gasteiger partial charge in [0.25, 0.3) is 15.9 Å². The smallest absolute Gasteiger partial charge is 0.309 e. The van der Waals surface area contributed by atoms with Crippen LogP contribution in [0.4, 0.5) is 11.7 Å². The Morgan fingerprint density at radius 1 is 1.15 bits per heavy atom. The van der Waals surface area contributed by atoms with Crippen molar-refractivity contribution >= 4 is 27.6 Å². The summed E-state index contributed by atoms with van der Waals surface area (Å²) in [6.07, 6.45) is -2.18. The van der Waals surface area contributed by atoms with Crippen molar-refractivity contribution < 1.29 is 32.6 Å². The summed E-state index contributed by atoms with van der Waals surface area (Å²) in [6, 6.07) is 13.9. The molecule has 0 spiro atoms. The monoisotopic (exact) mass is 487 g/mol. The number of rotatable bonds is 9. The van der Waals surface area contributed by atoms with Crippen LogP contribution in [0, 0.1) is 13.8 Å². The van der Waals surface area contributed by atoms with E-state index in [1.54, 1.807) is 13.8 Å². The molecule has 0 radical (unpaired) electrons. The average molecular weight is 488 g/mol. The van der Waals surface area contributed by atoms with Gasteiger partial charge in [-0.1, -0.05) is 30.3 Å². The van der Waals surface area contributed by atoms with Gasteiger partial charge in [-0.05, 0) is 43.7 Å². The second-order valence-electron chi connectivity index (χ2n) is 7.93. The molecule has 10 nitrogen and oxygen atoms in total. The normalized spacial score (nSPS) is 19.1. The van der Waals surface area contributed by atoms with E-state index in [2.05, 4.69) is 9.71 Å². The van der Waals surface area contributed by atoms with Gasteiger partial charge < -0.3 is 24.3 Å². The predicted octanol–water partition coefficient (Wildman–Crippen LogP) is 1.75. The topological polar surface area (TPSA) is 142 Å². The number of ether oxygens (including phenoxy) is 1. The number of sulfonamides is 1. The minimum absolute atomic E-state index is 0.0612. The van der Waals surface area contributed by atoms with E-state index in [1.165, 1.54) is 29.2 Å². The highest BCUT2D eigenvalue weighted by molar-refractivity contribution is 7.92. The van der Waals surface area contributed by atoms with Gasteiger partial charge in [-0.3, -0.25) is 4.79 Å². The summed E-state index contributed by atoms with van der Waals surface area (Å²) in [7, 11) is -3.97.